The predicted octanol–water partition coefficient (Wildman–Crippen LogP) is 4.14. The van der Waals surface area contributed by atoms with Crippen molar-refractivity contribution in [2.24, 2.45) is 0 Å². The number of aliphatic hydroxyl groups is 1. The van der Waals surface area contributed by atoms with E-state index in [2.05, 4.69) is 16.7 Å². The third kappa shape index (κ3) is 4.86. The van der Waals surface area contributed by atoms with E-state index in [-0.39, 0.29) is 12.4 Å². The van der Waals surface area contributed by atoms with Gasteiger partial charge in [0.05, 0.1) is 6.54 Å². The van der Waals surface area contributed by atoms with Crippen molar-refractivity contribution < 1.29 is 5.11 Å². The van der Waals surface area contributed by atoms with E-state index < -0.39 is 5.60 Å². The standard InChI is InChI=1S/C22H25NO.ClH/c1-19-10-8-13-21(18-19)22(24,20-11-4-2-5-12-20)14-9-17-23-15-6-3-7-16-23;/h2,4-5,8,10-13,18,24H,3,6-7,15-17H2,1H3;1H. The minimum atomic E-state index is -1.26. The molecule has 1 fully saturated rings. The van der Waals surface area contributed by atoms with Crippen molar-refractivity contribution in [1.29, 1.82) is 0 Å². The highest BCUT2D eigenvalue weighted by atomic mass is 35.5. The van der Waals surface area contributed by atoms with Crippen LogP contribution in [0, 0.1) is 18.8 Å². The minimum Gasteiger partial charge on any atom is -0.369 e. The fourth-order valence-electron chi connectivity index (χ4n) is 3.26. The Kier molecular flexibility index (Phi) is 7.08. The lowest BCUT2D eigenvalue weighted by Gasteiger charge is -2.26. The number of hydrogen-bond acceptors (Lipinski definition) is 2. The van der Waals surface area contributed by atoms with Gasteiger partial charge in [0.2, 0.25) is 0 Å². The molecule has 1 heterocycles. The Morgan fingerprint density at radius 1 is 0.960 bits per heavy atom. The molecule has 0 saturated carbocycles. The topological polar surface area (TPSA) is 23.5 Å². The number of hydrogen-bond donors (Lipinski definition) is 1. The predicted molar refractivity (Wildman–Crippen MR) is 106 cm³/mol. The van der Waals surface area contributed by atoms with Gasteiger partial charge < -0.3 is 5.11 Å². The highest BCUT2D eigenvalue weighted by Crippen LogP contribution is 2.29. The molecule has 1 saturated heterocycles. The highest BCUT2D eigenvalue weighted by molar-refractivity contribution is 5.85. The fourth-order valence-corrected chi connectivity index (χ4v) is 3.26. The number of likely N-dealkylation sites (tertiary alicyclic amines) is 1. The van der Waals surface area contributed by atoms with Crippen LogP contribution in [0.5, 0.6) is 0 Å². The molecule has 0 spiro atoms. The molecule has 0 aromatic heterocycles. The van der Waals surface area contributed by atoms with Crippen molar-refractivity contribution in [1.82, 2.24) is 4.90 Å². The van der Waals surface area contributed by atoms with Gasteiger partial charge >= 0.3 is 0 Å². The molecule has 1 aliphatic rings. The summed E-state index contributed by atoms with van der Waals surface area (Å²) in [5.74, 6) is 6.41. The van der Waals surface area contributed by atoms with Gasteiger partial charge in [-0.05, 0) is 32.9 Å². The molecular formula is C22H26ClNO. The van der Waals surface area contributed by atoms with Crippen LogP contribution in [0.25, 0.3) is 0 Å². The number of aryl methyl sites for hydroxylation is 1. The molecule has 1 atom stereocenters. The summed E-state index contributed by atoms with van der Waals surface area (Å²) in [7, 11) is 0. The number of rotatable bonds is 3. The average molecular weight is 356 g/mol. The minimum absolute atomic E-state index is 0. The monoisotopic (exact) mass is 355 g/mol. The van der Waals surface area contributed by atoms with Crippen LogP contribution in [-0.2, 0) is 5.60 Å². The molecule has 132 valence electrons. The van der Waals surface area contributed by atoms with Crippen LogP contribution in [0.2, 0.25) is 0 Å². The van der Waals surface area contributed by atoms with Gasteiger partial charge in [-0.25, -0.2) is 0 Å². The molecule has 2 aromatic rings. The molecule has 0 amide bonds. The summed E-state index contributed by atoms with van der Waals surface area (Å²) in [6.45, 7) is 4.99. The molecule has 1 unspecified atom stereocenters. The van der Waals surface area contributed by atoms with Crippen molar-refractivity contribution in [3.63, 3.8) is 0 Å². The first-order valence-corrected chi connectivity index (χ1v) is 8.76. The van der Waals surface area contributed by atoms with E-state index in [0.717, 1.165) is 36.3 Å². The lowest BCUT2D eigenvalue weighted by molar-refractivity contribution is 0.145. The summed E-state index contributed by atoms with van der Waals surface area (Å²) in [4.78, 5) is 2.37. The van der Waals surface area contributed by atoms with Crippen molar-refractivity contribution >= 4 is 12.4 Å². The van der Waals surface area contributed by atoms with E-state index in [1.165, 1.54) is 19.3 Å². The molecule has 3 heteroatoms. The first-order chi connectivity index (χ1) is 11.7. The van der Waals surface area contributed by atoms with E-state index in [1.807, 2.05) is 61.5 Å². The van der Waals surface area contributed by atoms with Gasteiger partial charge in [0.1, 0.15) is 0 Å². The quantitative estimate of drug-likeness (QED) is 0.836. The van der Waals surface area contributed by atoms with E-state index >= 15 is 0 Å². The van der Waals surface area contributed by atoms with Crippen LogP contribution in [0.15, 0.2) is 54.6 Å². The highest BCUT2D eigenvalue weighted by Gasteiger charge is 2.29. The average Bonchev–Trinajstić information content (AvgIpc) is 2.63. The van der Waals surface area contributed by atoms with Gasteiger partial charge in [-0.1, -0.05) is 78.4 Å². The Bertz CT molecular complexity index is 728. The maximum absolute atomic E-state index is 11.4. The van der Waals surface area contributed by atoms with Crippen molar-refractivity contribution in [2.45, 2.75) is 31.8 Å². The second-order valence-electron chi connectivity index (χ2n) is 6.58. The van der Waals surface area contributed by atoms with E-state index in [0.29, 0.717) is 0 Å². The van der Waals surface area contributed by atoms with Crippen LogP contribution in [0.4, 0.5) is 0 Å². The summed E-state index contributed by atoms with van der Waals surface area (Å²) < 4.78 is 0. The van der Waals surface area contributed by atoms with Crippen molar-refractivity contribution in [3.8, 4) is 11.8 Å². The summed E-state index contributed by atoms with van der Waals surface area (Å²) in [5, 5.41) is 11.4. The van der Waals surface area contributed by atoms with E-state index in [1.54, 1.807) is 0 Å². The van der Waals surface area contributed by atoms with Crippen LogP contribution in [0.1, 0.15) is 36.0 Å². The van der Waals surface area contributed by atoms with E-state index in [9.17, 15) is 5.11 Å². The first-order valence-electron chi connectivity index (χ1n) is 8.76. The Labute approximate surface area is 157 Å². The molecule has 2 aromatic carbocycles. The van der Waals surface area contributed by atoms with Crippen LogP contribution < -0.4 is 0 Å². The molecule has 0 radical (unpaired) electrons. The third-order valence-corrected chi connectivity index (χ3v) is 4.65. The van der Waals surface area contributed by atoms with Gasteiger partial charge in [0.25, 0.3) is 0 Å². The second-order valence-corrected chi connectivity index (χ2v) is 6.58. The number of nitrogens with zero attached hydrogens (tertiary/aromatic N) is 1. The summed E-state index contributed by atoms with van der Waals surface area (Å²) >= 11 is 0. The molecule has 3 rings (SSSR count). The first kappa shape index (κ1) is 19.5. The zero-order valence-electron chi connectivity index (χ0n) is 14.7. The van der Waals surface area contributed by atoms with Crippen LogP contribution >= 0.6 is 12.4 Å². The molecule has 25 heavy (non-hydrogen) atoms. The molecule has 0 aliphatic carbocycles. The zero-order chi connectivity index (χ0) is 16.8. The zero-order valence-corrected chi connectivity index (χ0v) is 15.6. The maximum atomic E-state index is 11.4. The molecule has 2 nitrogen and oxygen atoms in total. The Morgan fingerprint density at radius 3 is 2.32 bits per heavy atom. The lowest BCUT2D eigenvalue weighted by Crippen LogP contribution is -2.31. The fraction of sp³-hybridized carbons (Fsp3) is 0.364. The largest absolute Gasteiger partial charge is 0.369 e. The van der Waals surface area contributed by atoms with E-state index in [4.69, 9.17) is 0 Å². The molecule has 0 bridgehead atoms. The SMILES string of the molecule is Cc1cccc(C(O)(C#CCN2CCCCC2)c2ccccc2)c1.Cl. The lowest BCUT2D eigenvalue weighted by atomic mass is 9.86. The van der Waals surface area contributed by atoms with Gasteiger partial charge in [0, 0.05) is 11.1 Å². The number of benzene rings is 2. The Balaban J connectivity index is 0.00000225. The third-order valence-electron chi connectivity index (χ3n) is 4.65. The second kappa shape index (κ2) is 9.06. The van der Waals surface area contributed by atoms with Gasteiger partial charge in [-0.2, -0.15) is 0 Å². The van der Waals surface area contributed by atoms with Crippen LogP contribution in [-0.4, -0.2) is 29.6 Å². The van der Waals surface area contributed by atoms with Gasteiger partial charge in [-0.15, -0.1) is 12.4 Å². The van der Waals surface area contributed by atoms with Crippen molar-refractivity contribution in [3.05, 3.63) is 71.3 Å². The van der Waals surface area contributed by atoms with Gasteiger partial charge in [0.15, 0.2) is 5.60 Å². The molecule has 1 aliphatic heterocycles. The van der Waals surface area contributed by atoms with Crippen molar-refractivity contribution in [2.75, 3.05) is 19.6 Å². The molecular weight excluding hydrogens is 330 g/mol. The maximum Gasteiger partial charge on any atom is 0.176 e. The smallest absolute Gasteiger partial charge is 0.176 e. The van der Waals surface area contributed by atoms with Gasteiger partial charge in [-0.3, -0.25) is 4.90 Å². The normalized spacial score (nSPS) is 16.9. The molecule has 1 N–H and O–H groups in total. The summed E-state index contributed by atoms with van der Waals surface area (Å²) in [5.41, 5.74) is 1.52. The van der Waals surface area contributed by atoms with Crippen LogP contribution in [0.3, 0.4) is 0 Å². The Hall–Kier alpha value is -1.79. The number of halogens is 1. The Morgan fingerprint density at radius 2 is 1.64 bits per heavy atom. The summed E-state index contributed by atoms with van der Waals surface area (Å²) in [6.07, 6.45) is 3.83. The number of piperidine rings is 1. The summed E-state index contributed by atoms with van der Waals surface area (Å²) in [6, 6.07) is 17.7.